The molecule has 0 fully saturated rings. The van der Waals surface area contributed by atoms with E-state index < -0.39 is 6.10 Å². The fourth-order valence-corrected chi connectivity index (χ4v) is 2.27. The number of aliphatic hydroxyl groups excluding tert-OH is 1. The zero-order valence-corrected chi connectivity index (χ0v) is 11.2. The van der Waals surface area contributed by atoms with Gasteiger partial charge >= 0.3 is 0 Å². The van der Waals surface area contributed by atoms with Crippen LogP contribution < -0.4 is 0 Å². The van der Waals surface area contributed by atoms with E-state index in [9.17, 15) is 9.50 Å². The van der Waals surface area contributed by atoms with Crippen molar-refractivity contribution in [3.05, 3.63) is 34.6 Å². The van der Waals surface area contributed by atoms with E-state index in [1.807, 2.05) is 0 Å². The monoisotopic (exact) mass is 262 g/mol. The molecule has 0 radical (unpaired) electrons. The van der Waals surface area contributed by atoms with Crippen LogP contribution in [0.4, 0.5) is 4.39 Å². The van der Waals surface area contributed by atoms with Crippen molar-refractivity contribution in [3.63, 3.8) is 0 Å². The molecule has 0 aliphatic rings. The van der Waals surface area contributed by atoms with Crippen LogP contribution in [-0.2, 0) is 0 Å². The van der Waals surface area contributed by atoms with Crippen LogP contribution in [-0.4, -0.2) is 15.6 Å². The van der Waals surface area contributed by atoms with Gasteiger partial charge in [-0.1, -0.05) is 32.4 Å². The lowest BCUT2D eigenvalue weighted by Gasteiger charge is -2.20. The molecule has 16 heavy (non-hydrogen) atoms. The van der Waals surface area contributed by atoms with Gasteiger partial charge in [-0.05, 0) is 18.2 Å². The summed E-state index contributed by atoms with van der Waals surface area (Å²) in [6, 6.07) is 4.04. The first-order chi connectivity index (χ1) is 7.29. The molecule has 0 aromatic heterocycles. The van der Waals surface area contributed by atoms with Crippen molar-refractivity contribution < 1.29 is 9.50 Å². The van der Waals surface area contributed by atoms with Gasteiger partial charge in [-0.2, -0.15) is 11.8 Å². The van der Waals surface area contributed by atoms with Crippen molar-refractivity contribution in [1.29, 1.82) is 0 Å². The van der Waals surface area contributed by atoms with E-state index in [1.165, 1.54) is 18.2 Å². The molecular formula is C12H16ClFOS. The Bertz CT molecular complexity index is 363. The first kappa shape index (κ1) is 13.8. The quantitative estimate of drug-likeness (QED) is 0.887. The second kappa shape index (κ2) is 5.39. The van der Waals surface area contributed by atoms with E-state index in [0.29, 0.717) is 16.3 Å². The van der Waals surface area contributed by atoms with Crippen LogP contribution >= 0.6 is 23.4 Å². The molecule has 4 heteroatoms. The summed E-state index contributed by atoms with van der Waals surface area (Å²) >= 11 is 7.53. The SMILES string of the molecule is CC(C)(C)SCC(O)c1cc(F)ccc1Cl. The van der Waals surface area contributed by atoms with Gasteiger partial charge in [0.25, 0.3) is 0 Å². The summed E-state index contributed by atoms with van der Waals surface area (Å²) in [5.41, 5.74) is 0.457. The fourth-order valence-electron chi connectivity index (χ4n) is 1.19. The van der Waals surface area contributed by atoms with E-state index >= 15 is 0 Å². The number of hydrogen-bond acceptors (Lipinski definition) is 2. The third kappa shape index (κ3) is 4.32. The second-order valence-electron chi connectivity index (χ2n) is 4.61. The zero-order chi connectivity index (χ0) is 12.3. The molecule has 0 bridgehead atoms. The molecule has 0 aliphatic heterocycles. The molecule has 0 saturated carbocycles. The van der Waals surface area contributed by atoms with Crippen LogP contribution in [0.1, 0.15) is 32.4 Å². The summed E-state index contributed by atoms with van der Waals surface area (Å²) in [5.74, 6) is 0.131. The average molecular weight is 263 g/mol. The highest BCUT2D eigenvalue weighted by Crippen LogP contribution is 2.31. The summed E-state index contributed by atoms with van der Waals surface area (Å²) in [6.45, 7) is 6.20. The molecule has 0 heterocycles. The highest BCUT2D eigenvalue weighted by Gasteiger charge is 2.17. The normalized spacial score (nSPS) is 13.9. The summed E-state index contributed by atoms with van der Waals surface area (Å²) in [7, 11) is 0. The van der Waals surface area contributed by atoms with E-state index in [-0.39, 0.29) is 10.6 Å². The lowest BCUT2D eigenvalue weighted by Crippen LogP contribution is -2.12. The number of benzene rings is 1. The van der Waals surface area contributed by atoms with Crippen molar-refractivity contribution in [2.45, 2.75) is 31.6 Å². The first-order valence-electron chi connectivity index (χ1n) is 5.06. The molecule has 1 aromatic carbocycles. The molecule has 90 valence electrons. The smallest absolute Gasteiger partial charge is 0.123 e. The number of thioether (sulfide) groups is 1. The Hall–Kier alpha value is -0.250. The summed E-state index contributed by atoms with van der Waals surface area (Å²) in [4.78, 5) is 0. The zero-order valence-electron chi connectivity index (χ0n) is 9.63. The van der Waals surface area contributed by atoms with Gasteiger partial charge in [0.15, 0.2) is 0 Å². The average Bonchev–Trinajstić information content (AvgIpc) is 2.17. The van der Waals surface area contributed by atoms with E-state index in [0.717, 1.165) is 0 Å². The summed E-state index contributed by atoms with van der Waals surface area (Å²) in [5, 5.41) is 10.3. The lowest BCUT2D eigenvalue weighted by molar-refractivity contribution is 0.203. The molecule has 1 nitrogen and oxygen atoms in total. The van der Waals surface area contributed by atoms with Crippen molar-refractivity contribution in [2.24, 2.45) is 0 Å². The highest BCUT2D eigenvalue weighted by molar-refractivity contribution is 8.00. The summed E-state index contributed by atoms with van der Waals surface area (Å²) < 4.78 is 13.1. The van der Waals surface area contributed by atoms with Crippen molar-refractivity contribution in [1.82, 2.24) is 0 Å². The van der Waals surface area contributed by atoms with Crippen LogP contribution in [0.2, 0.25) is 5.02 Å². The van der Waals surface area contributed by atoms with Crippen LogP contribution in [0.5, 0.6) is 0 Å². The largest absolute Gasteiger partial charge is 0.387 e. The van der Waals surface area contributed by atoms with Crippen LogP contribution in [0.25, 0.3) is 0 Å². The van der Waals surface area contributed by atoms with Crippen LogP contribution in [0.15, 0.2) is 18.2 Å². The van der Waals surface area contributed by atoms with E-state index in [4.69, 9.17) is 11.6 Å². The third-order valence-corrected chi connectivity index (χ3v) is 3.68. The molecule has 0 spiro atoms. The molecule has 1 rings (SSSR count). The van der Waals surface area contributed by atoms with Gasteiger partial charge in [0.2, 0.25) is 0 Å². The van der Waals surface area contributed by atoms with Crippen molar-refractivity contribution in [3.8, 4) is 0 Å². The maximum Gasteiger partial charge on any atom is 0.123 e. The minimum Gasteiger partial charge on any atom is -0.387 e. The predicted molar refractivity (Wildman–Crippen MR) is 68.6 cm³/mol. The first-order valence-corrected chi connectivity index (χ1v) is 6.43. The van der Waals surface area contributed by atoms with Gasteiger partial charge in [0, 0.05) is 21.1 Å². The standard InChI is InChI=1S/C12H16ClFOS/c1-12(2,3)16-7-11(15)9-6-8(14)4-5-10(9)13/h4-6,11,15H,7H2,1-3H3. The molecular weight excluding hydrogens is 247 g/mol. The lowest BCUT2D eigenvalue weighted by atomic mass is 10.1. The fraction of sp³-hybridized carbons (Fsp3) is 0.500. The Morgan fingerprint density at radius 3 is 2.62 bits per heavy atom. The van der Waals surface area contributed by atoms with Crippen LogP contribution in [0, 0.1) is 5.82 Å². The molecule has 0 saturated heterocycles. The minimum atomic E-state index is -0.729. The van der Waals surface area contributed by atoms with Gasteiger partial charge in [-0.25, -0.2) is 4.39 Å². The van der Waals surface area contributed by atoms with Crippen LogP contribution in [0.3, 0.4) is 0 Å². The van der Waals surface area contributed by atoms with Gasteiger partial charge in [-0.15, -0.1) is 0 Å². The Morgan fingerprint density at radius 2 is 2.06 bits per heavy atom. The molecule has 1 aromatic rings. The molecule has 1 unspecified atom stereocenters. The number of aliphatic hydroxyl groups is 1. The van der Waals surface area contributed by atoms with Gasteiger partial charge in [0.1, 0.15) is 5.82 Å². The Morgan fingerprint density at radius 1 is 1.44 bits per heavy atom. The minimum absolute atomic E-state index is 0.0702. The highest BCUT2D eigenvalue weighted by atomic mass is 35.5. The van der Waals surface area contributed by atoms with Gasteiger partial charge in [0.05, 0.1) is 6.10 Å². The number of hydrogen-bond donors (Lipinski definition) is 1. The molecule has 0 amide bonds. The van der Waals surface area contributed by atoms with E-state index in [2.05, 4.69) is 20.8 Å². The maximum absolute atomic E-state index is 13.0. The predicted octanol–water partition coefficient (Wildman–Crippen LogP) is 4.04. The maximum atomic E-state index is 13.0. The number of halogens is 2. The number of rotatable bonds is 3. The van der Waals surface area contributed by atoms with Crippen molar-refractivity contribution in [2.75, 3.05) is 5.75 Å². The Labute approximate surface area is 105 Å². The second-order valence-corrected chi connectivity index (χ2v) is 6.86. The summed E-state index contributed by atoms with van der Waals surface area (Å²) in [6.07, 6.45) is -0.729. The molecule has 1 N–H and O–H groups in total. The van der Waals surface area contributed by atoms with Gasteiger partial charge < -0.3 is 5.11 Å². The molecule has 1 atom stereocenters. The molecule has 0 aliphatic carbocycles. The van der Waals surface area contributed by atoms with E-state index in [1.54, 1.807) is 11.8 Å². The third-order valence-electron chi connectivity index (χ3n) is 1.99. The van der Waals surface area contributed by atoms with Crippen molar-refractivity contribution >= 4 is 23.4 Å². The Kier molecular flexibility index (Phi) is 4.65. The topological polar surface area (TPSA) is 20.2 Å². The Balaban J connectivity index is 2.73. The van der Waals surface area contributed by atoms with Gasteiger partial charge in [-0.3, -0.25) is 0 Å².